The lowest BCUT2D eigenvalue weighted by atomic mass is 10.2. The molecule has 8 nitrogen and oxygen atoms in total. The summed E-state index contributed by atoms with van der Waals surface area (Å²) in [6.07, 6.45) is 1.64. The van der Waals surface area contributed by atoms with Crippen LogP contribution in [0.2, 0.25) is 0 Å². The molecular weight excluding hydrogens is 312 g/mol. The summed E-state index contributed by atoms with van der Waals surface area (Å²) < 4.78 is 0. The van der Waals surface area contributed by atoms with Gasteiger partial charge < -0.3 is 9.80 Å². The largest absolute Gasteiger partial charge is 0.347 e. The van der Waals surface area contributed by atoms with Crippen LogP contribution in [0.4, 0.5) is 11.4 Å². The highest BCUT2D eigenvalue weighted by molar-refractivity contribution is 5.95. The van der Waals surface area contributed by atoms with E-state index in [0.29, 0.717) is 12.2 Å². The van der Waals surface area contributed by atoms with Crippen LogP contribution in [0.3, 0.4) is 0 Å². The van der Waals surface area contributed by atoms with Crippen LogP contribution < -0.4 is 4.90 Å². The lowest BCUT2D eigenvalue weighted by Gasteiger charge is -2.27. The molecule has 1 atom stereocenters. The lowest BCUT2D eigenvalue weighted by Crippen LogP contribution is -2.47. The first-order valence-corrected chi connectivity index (χ1v) is 7.77. The van der Waals surface area contributed by atoms with E-state index in [0.717, 1.165) is 12.8 Å². The number of benzene rings is 1. The Hall–Kier alpha value is -2.48. The van der Waals surface area contributed by atoms with Crippen LogP contribution in [-0.2, 0) is 9.59 Å². The molecule has 8 heteroatoms. The minimum Gasteiger partial charge on any atom is -0.347 e. The number of rotatable bonds is 5. The Kier molecular flexibility index (Phi) is 5.50. The van der Waals surface area contributed by atoms with E-state index in [1.165, 1.54) is 17.0 Å². The summed E-state index contributed by atoms with van der Waals surface area (Å²) in [4.78, 5) is 39.8. The maximum atomic E-state index is 12.5. The van der Waals surface area contributed by atoms with Crippen molar-refractivity contribution < 1.29 is 14.5 Å². The van der Waals surface area contributed by atoms with Gasteiger partial charge in [-0.05, 0) is 31.5 Å². The maximum absolute atomic E-state index is 12.5. The number of amides is 2. The Morgan fingerprint density at radius 1 is 1.25 bits per heavy atom. The van der Waals surface area contributed by atoms with Gasteiger partial charge in [0.1, 0.15) is 0 Å². The van der Waals surface area contributed by atoms with Gasteiger partial charge in [0.15, 0.2) is 0 Å². The van der Waals surface area contributed by atoms with Crippen molar-refractivity contribution in [3.8, 4) is 0 Å². The van der Waals surface area contributed by atoms with Crippen molar-refractivity contribution in [3.63, 3.8) is 0 Å². The minimum atomic E-state index is -0.479. The van der Waals surface area contributed by atoms with Gasteiger partial charge >= 0.3 is 0 Å². The second kappa shape index (κ2) is 7.39. The van der Waals surface area contributed by atoms with E-state index in [4.69, 9.17) is 0 Å². The molecule has 1 saturated heterocycles. The van der Waals surface area contributed by atoms with E-state index in [1.54, 1.807) is 38.2 Å². The molecule has 2 amide bonds. The van der Waals surface area contributed by atoms with Crippen LogP contribution in [0.15, 0.2) is 24.3 Å². The van der Waals surface area contributed by atoms with E-state index in [-0.39, 0.29) is 30.1 Å². The summed E-state index contributed by atoms with van der Waals surface area (Å²) in [5, 5.41) is 10.7. The highest BCUT2D eigenvalue weighted by Crippen LogP contribution is 2.21. The summed E-state index contributed by atoms with van der Waals surface area (Å²) in [5.41, 5.74) is 0.566. The Morgan fingerprint density at radius 3 is 2.42 bits per heavy atom. The molecule has 0 aliphatic carbocycles. The monoisotopic (exact) mass is 334 g/mol. The number of carbonyl (C=O) groups is 2. The third-order valence-electron chi connectivity index (χ3n) is 4.25. The van der Waals surface area contributed by atoms with Gasteiger partial charge in [0, 0.05) is 39.0 Å². The zero-order chi connectivity index (χ0) is 17.9. The quantitative estimate of drug-likeness (QED) is 0.595. The van der Waals surface area contributed by atoms with Crippen molar-refractivity contribution in [1.29, 1.82) is 0 Å². The number of carbonyl (C=O) groups excluding carboxylic acids is 2. The molecule has 1 aromatic rings. The first-order valence-electron chi connectivity index (χ1n) is 7.77. The third-order valence-corrected chi connectivity index (χ3v) is 4.25. The number of nitrogens with zero attached hydrogens (tertiary/aromatic N) is 4. The molecular formula is C16H22N4O4. The van der Waals surface area contributed by atoms with Gasteiger partial charge in [-0.25, -0.2) is 0 Å². The lowest BCUT2D eigenvalue weighted by molar-refractivity contribution is -0.384. The first-order chi connectivity index (χ1) is 11.3. The van der Waals surface area contributed by atoms with E-state index < -0.39 is 4.92 Å². The summed E-state index contributed by atoms with van der Waals surface area (Å²) >= 11 is 0. The zero-order valence-electron chi connectivity index (χ0n) is 14.1. The van der Waals surface area contributed by atoms with Crippen LogP contribution in [0.1, 0.15) is 12.8 Å². The predicted molar refractivity (Wildman–Crippen MR) is 89.8 cm³/mol. The fraction of sp³-hybridized carbons (Fsp3) is 0.500. The number of anilines is 1. The van der Waals surface area contributed by atoms with Crippen molar-refractivity contribution in [2.45, 2.75) is 18.9 Å². The first kappa shape index (κ1) is 17.9. The smallest absolute Gasteiger partial charge is 0.269 e. The van der Waals surface area contributed by atoms with Crippen molar-refractivity contribution in [3.05, 3.63) is 34.4 Å². The van der Waals surface area contributed by atoms with Gasteiger partial charge in [-0.1, -0.05) is 0 Å². The average molecular weight is 334 g/mol. The Labute approximate surface area is 140 Å². The fourth-order valence-corrected chi connectivity index (χ4v) is 2.81. The van der Waals surface area contributed by atoms with E-state index in [9.17, 15) is 19.7 Å². The molecule has 1 heterocycles. The number of non-ortho nitro benzene ring substituents is 1. The minimum absolute atomic E-state index is 0.0123. The molecule has 0 saturated carbocycles. The molecule has 1 unspecified atom stereocenters. The topological polar surface area (TPSA) is 87.0 Å². The summed E-state index contributed by atoms with van der Waals surface area (Å²) in [7, 11) is 5.05. The Bertz CT molecular complexity index is 629. The number of likely N-dealkylation sites (tertiary alicyclic amines) is 1. The van der Waals surface area contributed by atoms with E-state index in [2.05, 4.69) is 0 Å². The number of hydrogen-bond acceptors (Lipinski definition) is 5. The molecule has 1 fully saturated rings. The van der Waals surface area contributed by atoms with Crippen LogP contribution in [0.25, 0.3) is 0 Å². The maximum Gasteiger partial charge on any atom is 0.269 e. The molecule has 1 aromatic carbocycles. The highest BCUT2D eigenvalue weighted by Gasteiger charge is 2.33. The van der Waals surface area contributed by atoms with Crippen molar-refractivity contribution in [2.24, 2.45) is 0 Å². The average Bonchev–Trinajstić information content (AvgIpc) is 3.01. The predicted octanol–water partition coefficient (Wildman–Crippen LogP) is 1.11. The standard InChI is InChI=1S/C16H22N4O4/c1-17(2)16(22)14-5-4-10-19(14)11-15(21)18(3)12-6-8-13(9-7-12)20(23)24/h6-9,14H,4-5,10-11H2,1-3H3. The summed E-state index contributed by atoms with van der Waals surface area (Å²) in [6.45, 7) is 0.863. The number of hydrogen-bond donors (Lipinski definition) is 0. The van der Waals surface area contributed by atoms with Crippen molar-refractivity contribution in [2.75, 3.05) is 39.1 Å². The van der Waals surface area contributed by atoms with Crippen LogP contribution in [0.5, 0.6) is 0 Å². The SMILES string of the molecule is CN(C)C(=O)C1CCCN1CC(=O)N(C)c1ccc([N+](=O)[O-])cc1. The highest BCUT2D eigenvalue weighted by atomic mass is 16.6. The second-order valence-electron chi connectivity index (χ2n) is 6.09. The Morgan fingerprint density at radius 2 is 1.88 bits per heavy atom. The number of likely N-dealkylation sites (N-methyl/N-ethyl adjacent to an activating group) is 2. The molecule has 130 valence electrons. The van der Waals surface area contributed by atoms with Crippen LogP contribution in [0, 0.1) is 10.1 Å². The van der Waals surface area contributed by atoms with Gasteiger partial charge in [0.05, 0.1) is 17.5 Å². The van der Waals surface area contributed by atoms with Gasteiger partial charge in [0.2, 0.25) is 11.8 Å². The van der Waals surface area contributed by atoms with Crippen LogP contribution >= 0.6 is 0 Å². The normalized spacial score (nSPS) is 17.5. The molecule has 2 rings (SSSR count). The van der Waals surface area contributed by atoms with Gasteiger partial charge in [-0.15, -0.1) is 0 Å². The molecule has 24 heavy (non-hydrogen) atoms. The molecule has 1 aliphatic heterocycles. The summed E-state index contributed by atoms with van der Waals surface area (Å²) in [5.74, 6) is -0.138. The van der Waals surface area contributed by atoms with Crippen LogP contribution in [-0.4, -0.2) is 66.8 Å². The third kappa shape index (κ3) is 3.88. The van der Waals surface area contributed by atoms with E-state index in [1.807, 2.05) is 4.90 Å². The molecule has 0 radical (unpaired) electrons. The van der Waals surface area contributed by atoms with E-state index >= 15 is 0 Å². The zero-order valence-corrected chi connectivity index (χ0v) is 14.1. The number of nitro groups is 1. The van der Waals surface area contributed by atoms with Crippen molar-refractivity contribution in [1.82, 2.24) is 9.80 Å². The number of nitro benzene ring substituents is 1. The molecule has 0 N–H and O–H groups in total. The van der Waals surface area contributed by atoms with Crippen molar-refractivity contribution >= 4 is 23.2 Å². The molecule has 0 aromatic heterocycles. The molecule has 1 aliphatic rings. The fourth-order valence-electron chi connectivity index (χ4n) is 2.81. The van der Waals surface area contributed by atoms with Gasteiger partial charge in [-0.3, -0.25) is 24.6 Å². The van der Waals surface area contributed by atoms with Gasteiger partial charge in [-0.2, -0.15) is 0 Å². The Balaban J connectivity index is 2.03. The summed E-state index contributed by atoms with van der Waals surface area (Å²) in [6, 6.07) is 5.57. The second-order valence-corrected chi connectivity index (χ2v) is 6.09. The molecule has 0 spiro atoms. The van der Waals surface area contributed by atoms with Gasteiger partial charge in [0.25, 0.3) is 5.69 Å². The molecule has 0 bridgehead atoms.